The van der Waals surface area contributed by atoms with Crippen LogP contribution < -0.4 is 5.73 Å². The van der Waals surface area contributed by atoms with Gasteiger partial charge in [-0.15, -0.1) is 10.2 Å². The molecule has 0 fully saturated rings. The molecule has 0 saturated carbocycles. The van der Waals surface area contributed by atoms with Crippen LogP contribution in [-0.4, -0.2) is 16.5 Å². The van der Waals surface area contributed by atoms with E-state index in [1.165, 1.54) is 17.5 Å². The first-order valence-electron chi connectivity index (χ1n) is 2.62. The molecule has 5 heteroatoms. The largest absolute Gasteiger partial charge is 0.405 e. The summed E-state index contributed by atoms with van der Waals surface area (Å²) in [7, 11) is 0. The topological polar surface area (TPSA) is 51.8 Å². The van der Waals surface area contributed by atoms with Crippen LogP contribution in [0.2, 0.25) is 0 Å². The Morgan fingerprint density at radius 2 is 2.40 bits per heavy atom. The van der Waals surface area contributed by atoms with Gasteiger partial charge in [0, 0.05) is 0 Å². The summed E-state index contributed by atoms with van der Waals surface area (Å²) in [4.78, 5) is 0. The summed E-state index contributed by atoms with van der Waals surface area (Å²) in [5, 5.41) is 8.59. The van der Waals surface area contributed by atoms with E-state index < -0.39 is 0 Å². The van der Waals surface area contributed by atoms with Crippen molar-refractivity contribution in [2.45, 2.75) is 4.34 Å². The molecule has 1 heterocycles. The molecule has 0 radical (unpaired) electrons. The van der Waals surface area contributed by atoms with Crippen LogP contribution in [0.3, 0.4) is 0 Å². The molecule has 0 atom stereocenters. The lowest BCUT2D eigenvalue weighted by Gasteiger charge is -1.76. The number of hydrogen-bond donors (Lipinski definition) is 1. The van der Waals surface area contributed by atoms with Crippen LogP contribution in [0.15, 0.2) is 10.5 Å². The minimum absolute atomic E-state index is 0.854. The van der Waals surface area contributed by atoms with Gasteiger partial charge in [-0.25, -0.2) is 0 Å². The average molecular weight is 173 g/mol. The summed E-state index contributed by atoms with van der Waals surface area (Å²) in [6.07, 6.45) is 5.17. The van der Waals surface area contributed by atoms with Gasteiger partial charge in [0.15, 0.2) is 4.34 Å². The van der Waals surface area contributed by atoms with E-state index in [2.05, 4.69) is 10.2 Å². The molecule has 0 aliphatic heterocycles. The summed E-state index contributed by atoms with van der Waals surface area (Å²) < 4.78 is 0.966. The van der Waals surface area contributed by atoms with Crippen molar-refractivity contribution >= 4 is 29.2 Å². The Labute approximate surface area is 67.3 Å². The van der Waals surface area contributed by atoms with Crippen LogP contribution in [0.4, 0.5) is 0 Å². The minimum Gasteiger partial charge on any atom is -0.405 e. The maximum absolute atomic E-state index is 5.16. The van der Waals surface area contributed by atoms with Crippen LogP contribution in [0.1, 0.15) is 5.01 Å². The fraction of sp³-hybridized carbons (Fsp3) is 0.200. The Hall–Kier alpha value is -0.550. The van der Waals surface area contributed by atoms with Gasteiger partial charge in [-0.05, 0) is 18.5 Å². The SMILES string of the molecule is CSc1nnc(/C=C/N)s1. The monoisotopic (exact) mass is 173 g/mol. The third kappa shape index (κ3) is 1.71. The van der Waals surface area contributed by atoms with E-state index in [0.717, 1.165) is 9.35 Å². The lowest BCUT2D eigenvalue weighted by atomic mass is 10.6. The van der Waals surface area contributed by atoms with Crippen LogP contribution in [0.25, 0.3) is 6.08 Å². The fourth-order valence-corrected chi connectivity index (χ4v) is 1.65. The molecule has 0 aromatic carbocycles. The van der Waals surface area contributed by atoms with Crippen molar-refractivity contribution in [3.05, 3.63) is 11.2 Å². The molecular weight excluding hydrogens is 166 g/mol. The van der Waals surface area contributed by atoms with Gasteiger partial charge in [0.2, 0.25) is 0 Å². The normalized spacial score (nSPS) is 10.9. The van der Waals surface area contributed by atoms with Gasteiger partial charge in [0.25, 0.3) is 0 Å². The molecule has 0 aliphatic rings. The molecule has 0 saturated heterocycles. The predicted octanol–water partition coefficient (Wildman–Crippen LogP) is 1.19. The number of rotatable bonds is 2. The lowest BCUT2D eigenvalue weighted by Crippen LogP contribution is -1.76. The standard InChI is InChI=1S/C5H7N3S2/c1-9-5-8-7-4(10-5)2-3-6/h2-3H,6H2,1H3/b3-2+. The number of nitrogens with two attached hydrogens (primary N) is 1. The minimum atomic E-state index is 0.854. The highest BCUT2D eigenvalue weighted by Gasteiger charge is 1.96. The van der Waals surface area contributed by atoms with Crippen LogP contribution >= 0.6 is 23.1 Å². The summed E-state index contributed by atoms with van der Waals surface area (Å²) in [5.74, 6) is 0. The van der Waals surface area contributed by atoms with E-state index in [1.807, 2.05) is 6.26 Å². The number of nitrogens with zero attached hydrogens (tertiary/aromatic N) is 2. The van der Waals surface area contributed by atoms with Gasteiger partial charge in [-0.3, -0.25) is 0 Å². The summed E-state index contributed by atoms with van der Waals surface area (Å²) >= 11 is 3.12. The van der Waals surface area contributed by atoms with Crippen molar-refractivity contribution in [3.8, 4) is 0 Å². The first kappa shape index (κ1) is 7.56. The van der Waals surface area contributed by atoms with Crippen molar-refractivity contribution in [2.75, 3.05) is 6.26 Å². The Kier molecular flexibility index (Phi) is 2.70. The van der Waals surface area contributed by atoms with Crippen molar-refractivity contribution in [1.82, 2.24) is 10.2 Å². The van der Waals surface area contributed by atoms with Gasteiger partial charge < -0.3 is 5.73 Å². The summed E-state index contributed by atoms with van der Waals surface area (Å²) in [5.41, 5.74) is 5.16. The molecule has 1 rings (SSSR count). The smallest absolute Gasteiger partial charge is 0.174 e. The average Bonchev–Trinajstić information content (AvgIpc) is 2.37. The van der Waals surface area contributed by atoms with E-state index in [4.69, 9.17) is 5.73 Å². The van der Waals surface area contributed by atoms with Gasteiger partial charge in [-0.2, -0.15) is 0 Å². The molecular formula is C5H7N3S2. The maximum Gasteiger partial charge on any atom is 0.174 e. The van der Waals surface area contributed by atoms with Gasteiger partial charge >= 0.3 is 0 Å². The van der Waals surface area contributed by atoms with Gasteiger partial charge in [-0.1, -0.05) is 23.1 Å². The lowest BCUT2D eigenvalue weighted by molar-refractivity contribution is 1.01. The second-order valence-electron chi connectivity index (χ2n) is 1.47. The zero-order valence-corrected chi connectivity index (χ0v) is 7.08. The maximum atomic E-state index is 5.16. The van der Waals surface area contributed by atoms with E-state index in [9.17, 15) is 0 Å². The number of aromatic nitrogens is 2. The Morgan fingerprint density at radius 3 is 2.90 bits per heavy atom. The third-order valence-electron chi connectivity index (χ3n) is 0.836. The molecule has 10 heavy (non-hydrogen) atoms. The molecule has 54 valence electrons. The van der Waals surface area contributed by atoms with Crippen molar-refractivity contribution in [2.24, 2.45) is 5.73 Å². The third-order valence-corrected chi connectivity index (χ3v) is 2.70. The zero-order valence-electron chi connectivity index (χ0n) is 5.44. The first-order valence-corrected chi connectivity index (χ1v) is 4.66. The number of hydrogen-bond acceptors (Lipinski definition) is 5. The van der Waals surface area contributed by atoms with Gasteiger partial charge in [0.05, 0.1) is 0 Å². The van der Waals surface area contributed by atoms with E-state index in [0.29, 0.717) is 0 Å². The summed E-state index contributed by atoms with van der Waals surface area (Å²) in [6, 6.07) is 0. The molecule has 0 aliphatic carbocycles. The highest BCUT2D eigenvalue weighted by Crippen LogP contribution is 2.19. The van der Waals surface area contributed by atoms with Crippen LogP contribution in [0, 0.1) is 0 Å². The van der Waals surface area contributed by atoms with Gasteiger partial charge in [0.1, 0.15) is 5.01 Å². The molecule has 0 spiro atoms. The van der Waals surface area contributed by atoms with Crippen molar-refractivity contribution in [1.29, 1.82) is 0 Å². The molecule has 0 unspecified atom stereocenters. The van der Waals surface area contributed by atoms with E-state index in [1.54, 1.807) is 17.8 Å². The highest BCUT2D eigenvalue weighted by atomic mass is 32.2. The molecule has 1 aromatic rings. The number of thioether (sulfide) groups is 1. The Bertz CT molecular complexity index is 231. The van der Waals surface area contributed by atoms with Crippen LogP contribution in [0.5, 0.6) is 0 Å². The molecule has 0 amide bonds. The first-order chi connectivity index (χ1) is 4.86. The summed E-state index contributed by atoms with van der Waals surface area (Å²) in [6.45, 7) is 0. The molecule has 2 N–H and O–H groups in total. The van der Waals surface area contributed by atoms with E-state index in [-0.39, 0.29) is 0 Å². The highest BCUT2D eigenvalue weighted by molar-refractivity contribution is 8.00. The van der Waals surface area contributed by atoms with Crippen molar-refractivity contribution < 1.29 is 0 Å². The molecule has 3 nitrogen and oxygen atoms in total. The van der Waals surface area contributed by atoms with Crippen molar-refractivity contribution in [3.63, 3.8) is 0 Å². The Balaban J connectivity index is 2.78. The predicted molar refractivity (Wildman–Crippen MR) is 44.9 cm³/mol. The molecule has 0 bridgehead atoms. The quantitative estimate of drug-likeness (QED) is 0.682. The second kappa shape index (κ2) is 3.58. The zero-order chi connectivity index (χ0) is 7.40. The second-order valence-corrected chi connectivity index (χ2v) is 3.53. The van der Waals surface area contributed by atoms with Crippen LogP contribution in [-0.2, 0) is 0 Å². The molecule has 1 aromatic heterocycles. The Morgan fingerprint density at radius 1 is 1.60 bits per heavy atom. The van der Waals surface area contributed by atoms with E-state index >= 15 is 0 Å². The fourth-order valence-electron chi connectivity index (χ4n) is 0.453.